The monoisotopic (exact) mass is 242 g/mol. The molecule has 1 aromatic rings. The highest BCUT2D eigenvalue weighted by molar-refractivity contribution is 8.01. The molecule has 1 aliphatic heterocycles. The first-order chi connectivity index (χ1) is 7.31. The second-order valence-electron chi connectivity index (χ2n) is 3.98. The van der Waals surface area contributed by atoms with Crippen molar-refractivity contribution < 1.29 is 0 Å². The molecule has 1 unspecified atom stereocenters. The molecule has 84 valence electrons. The van der Waals surface area contributed by atoms with Gasteiger partial charge in [-0.3, -0.25) is 0 Å². The molecule has 0 saturated carbocycles. The maximum Gasteiger partial charge on any atom is 0.0649 e. The summed E-state index contributed by atoms with van der Waals surface area (Å²) in [7, 11) is 0. The minimum absolute atomic E-state index is 0.550. The van der Waals surface area contributed by atoms with Crippen LogP contribution in [-0.4, -0.2) is 18.3 Å². The Kier molecular flexibility index (Phi) is 4.08. The van der Waals surface area contributed by atoms with Gasteiger partial charge in [0, 0.05) is 11.3 Å². The van der Waals surface area contributed by atoms with Crippen LogP contribution in [0.1, 0.15) is 31.4 Å². The van der Waals surface area contributed by atoms with Gasteiger partial charge in [-0.1, -0.05) is 6.92 Å². The van der Waals surface area contributed by atoms with E-state index in [1.165, 1.54) is 16.2 Å². The van der Waals surface area contributed by atoms with Gasteiger partial charge in [0.1, 0.15) is 0 Å². The largest absolute Gasteiger partial charge is 0.330 e. The van der Waals surface area contributed by atoms with Crippen LogP contribution in [0.25, 0.3) is 0 Å². The number of nitrogens with one attached hydrogen (secondary N) is 1. The van der Waals surface area contributed by atoms with Gasteiger partial charge in [-0.25, -0.2) is 0 Å². The van der Waals surface area contributed by atoms with Crippen molar-refractivity contribution in [2.24, 2.45) is 5.73 Å². The topological polar surface area (TPSA) is 38.0 Å². The molecule has 0 amide bonds. The molecule has 2 nitrogen and oxygen atoms in total. The van der Waals surface area contributed by atoms with E-state index in [1.54, 1.807) is 0 Å². The predicted molar refractivity (Wildman–Crippen MR) is 68.7 cm³/mol. The standard InChI is InChI=1S/C11H18N2S2/c1-8-7-10(13-5-2-4-12)9-3-6-14-11(9)15-8/h3,6,8,10,13H,2,4-5,7,12H2,1H3/t8-,10?/m0/s1. The number of nitrogens with two attached hydrogens (primary N) is 1. The van der Waals surface area contributed by atoms with Crippen molar-refractivity contribution in [3.05, 3.63) is 17.0 Å². The summed E-state index contributed by atoms with van der Waals surface area (Å²) in [6.07, 6.45) is 2.30. The first-order valence-electron chi connectivity index (χ1n) is 5.48. The van der Waals surface area contributed by atoms with E-state index in [-0.39, 0.29) is 0 Å². The van der Waals surface area contributed by atoms with Gasteiger partial charge in [0.05, 0.1) is 4.21 Å². The molecule has 0 fully saturated rings. The molecule has 15 heavy (non-hydrogen) atoms. The molecular weight excluding hydrogens is 224 g/mol. The van der Waals surface area contributed by atoms with Gasteiger partial charge in [0.15, 0.2) is 0 Å². The zero-order valence-corrected chi connectivity index (χ0v) is 10.7. The third-order valence-corrected chi connectivity index (χ3v) is 5.03. The fraction of sp³-hybridized carbons (Fsp3) is 0.636. The molecule has 1 aliphatic rings. The Balaban J connectivity index is 2.00. The van der Waals surface area contributed by atoms with E-state index in [0.29, 0.717) is 6.04 Å². The minimum atomic E-state index is 0.550. The van der Waals surface area contributed by atoms with E-state index < -0.39 is 0 Å². The molecule has 4 heteroatoms. The van der Waals surface area contributed by atoms with Crippen LogP contribution in [0.15, 0.2) is 15.7 Å². The average Bonchev–Trinajstić information content (AvgIpc) is 2.65. The summed E-state index contributed by atoms with van der Waals surface area (Å²) in [6.45, 7) is 4.12. The van der Waals surface area contributed by atoms with Gasteiger partial charge in [0.2, 0.25) is 0 Å². The van der Waals surface area contributed by atoms with Crippen molar-refractivity contribution in [1.82, 2.24) is 5.32 Å². The second-order valence-corrected chi connectivity index (χ2v) is 6.60. The van der Waals surface area contributed by atoms with Crippen LogP contribution in [-0.2, 0) is 0 Å². The molecule has 0 radical (unpaired) electrons. The second kappa shape index (κ2) is 5.34. The normalized spacial score (nSPS) is 25.2. The average molecular weight is 242 g/mol. The molecule has 0 aromatic carbocycles. The van der Waals surface area contributed by atoms with Crippen LogP contribution in [0.2, 0.25) is 0 Å². The van der Waals surface area contributed by atoms with Crippen LogP contribution in [0, 0.1) is 0 Å². The molecule has 2 atom stereocenters. The van der Waals surface area contributed by atoms with Crippen LogP contribution < -0.4 is 11.1 Å². The number of hydrogen-bond acceptors (Lipinski definition) is 4. The van der Waals surface area contributed by atoms with E-state index >= 15 is 0 Å². The Bertz CT molecular complexity index is 311. The van der Waals surface area contributed by atoms with E-state index in [2.05, 4.69) is 23.7 Å². The van der Waals surface area contributed by atoms with Crippen molar-refractivity contribution in [2.75, 3.05) is 13.1 Å². The lowest BCUT2D eigenvalue weighted by atomic mass is 10.0. The fourth-order valence-electron chi connectivity index (χ4n) is 1.92. The summed E-state index contributed by atoms with van der Waals surface area (Å²) in [5.41, 5.74) is 7.00. The first-order valence-corrected chi connectivity index (χ1v) is 7.24. The number of fused-ring (bicyclic) bond motifs is 1. The van der Waals surface area contributed by atoms with Crippen LogP contribution in [0.5, 0.6) is 0 Å². The van der Waals surface area contributed by atoms with Crippen LogP contribution in [0.3, 0.4) is 0 Å². The Hall–Kier alpha value is -0.0300. The SMILES string of the molecule is C[C@H]1CC(NCCCN)c2ccsc2S1. The zero-order chi connectivity index (χ0) is 10.7. The first kappa shape index (κ1) is 11.5. The van der Waals surface area contributed by atoms with E-state index in [9.17, 15) is 0 Å². The molecule has 2 rings (SSSR count). The Morgan fingerprint density at radius 1 is 1.60 bits per heavy atom. The lowest BCUT2D eigenvalue weighted by Gasteiger charge is -2.27. The van der Waals surface area contributed by atoms with E-state index in [1.807, 2.05) is 23.1 Å². The Morgan fingerprint density at radius 3 is 3.27 bits per heavy atom. The minimum Gasteiger partial charge on any atom is -0.330 e. The summed E-state index contributed by atoms with van der Waals surface area (Å²) in [5, 5.41) is 6.54. The molecular formula is C11H18N2S2. The molecule has 3 N–H and O–H groups in total. The zero-order valence-electron chi connectivity index (χ0n) is 9.03. The fourth-order valence-corrected chi connectivity index (χ4v) is 4.49. The number of rotatable bonds is 4. The third kappa shape index (κ3) is 2.75. The molecule has 1 aromatic heterocycles. The number of hydrogen-bond donors (Lipinski definition) is 2. The van der Waals surface area contributed by atoms with Crippen molar-refractivity contribution in [3.8, 4) is 0 Å². The highest BCUT2D eigenvalue weighted by Gasteiger charge is 2.25. The Labute approximate surface area is 99.6 Å². The van der Waals surface area contributed by atoms with E-state index in [4.69, 9.17) is 5.73 Å². The lowest BCUT2D eigenvalue weighted by molar-refractivity contribution is 0.484. The summed E-state index contributed by atoms with van der Waals surface area (Å²) < 4.78 is 1.50. The van der Waals surface area contributed by atoms with Crippen LogP contribution >= 0.6 is 23.1 Å². The summed E-state index contributed by atoms with van der Waals surface area (Å²) in [4.78, 5) is 0. The van der Waals surface area contributed by atoms with Gasteiger partial charge in [-0.2, -0.15) is 0 Å². The van der Waals surface area contributed by atoms with Gasteiger partial charge in [-0.05, 0) is 42.9 Å². The molecule has 0 saturated heterocycles. The highest BCUT2D eigenvalue weighted by Crippen LogP contribution is 2.43. The van der Waals surface area contributed by atoms with Crippen molar-refractivity contribution in [3.63, 3.8) is 0 Å². The van der Waals surface area contributed by atoms with Gasteiger partial charge < -0.3 is 11.1 Å². The van der Waals surface area contributed by atoms with Crippen LogP contribution in [0.4, 0.5) is 0 Å². The maximum absolute atomic E-state index is 5.50. The third-order valence-electron chi connectivity index (χ3n) is 2.68. The Morgan fingerprint density at radius 2 is 2.47 bits per heavy atom. The van der Waals surface area contributed by atoms with Gasteiger partial charge in [-0.15, -0.1) is 23.1 Å². The highest BCUT2D eigenvalue weighted by atomic mass is 32.2. The molecule has 2 heterocycles. The molecule has 0 bridgehead atoms. The smallest absolute Gasteiger partial charge is 0.0649 e. The summed E-state index contributed by atoms with van der Waals surface area (Å²) >= 11 is 3.89. The molecule has 0 aliphatic carbocycles. The maximum atomic E-state index is 5.50. The number of thiophene rings is 1. The number of thioether (sulfide) groups is 1. The van der Waals surface area contributed by atoms with Crippen molar-refractivity contribution >= 4 is 23.1 Å². The molecule has 0 spiro atoms. The lowest BCUT2D eigenvalue weighted by Crippen LogP contribution is -2.28. The van der Waals surface area contributed by atoms with Crippen molar-refractivity contribution in [1.29, 1.82) is 0 Å². The predicted octanol–water partition coefficient (Wildman–Crippen LogP) is 2.61. The van der Waals surface area contributed by atoms with Crippen molar-refractivity contribution in [2.45, 2.75) is 35.3 Å². The van der Waals surface area contributed by atoms with E-state index in [0.717, 1.165) is 24.8 Å². The quantitative estimate of drug-likeness (QED) is 0.797. The summed E-state index contributed by atoms with van der Waals surface area (Å²) in [6, 6.07) is 2.81. The summed E-state index contributed by atoms with van der Waals surface area (Å²) in [5.74, 6) is 0. The van der Waals surface area contributed by atoms with Gasteiger partial charge in [0.25, 0.3) is 0 Å². The van der Waals surface area contributed by atoms with Gasteiger partial charge >= 0.3 is 0 Å².